The maximum Gasteiger partial charge on any atom is 1.00 e. The molecule has 6 rings (SSSR count). The maximum atomic E-state index is 12.4. The van der Waals surface area contributed by atoms with Gasteiger partial charge in [0.1, 0.15) is 31.7 Å². The molecular weight excluding hydrogens is 843 g/mol. The molecule has 0 aliphatic heterocycles. The Morgan fingerprint density at radius 2 is 0.967 bits per heavy atom. The minimum absolute atomic E-state index is 0. The molecule has 0 aliphatic carbocycles. The van der Waals surface area contributed by atoms with Crippen molar-refractivity contribution in [3.8, 4) is 23.5 Å². The van der Waals surface area contributed by atoms with Crippen LogP contribution in [0.3, 0.4) is 0 Å². The quantitative estimate of drug-likeness (QED) is 0.0344. The van der Waals surface area contributed by atoms with Crippen LogP contribution in [0.25, 0.3) is 12.2 Å². The van der Waals surface area contributed by atoms with Crippen LogP contribution in [0, 0.1) is 0 Å². The molecule has 2 aromatic heterocycles. The van der Waals surface area contributed by atoms with Gasteiger partial charge in [0.15, 0.2) is 0 Å². The summed E-state index contributed by atoms with van der Waals surface area (Å²) >= 11 is 0. The molecule has 0 aliphatic rings. The Bertz CT molecular complexity index is 2760. The summed E-state index contributed by atoms with van der Waals surface area (Å²) in [4.78, 5) is 35.0. The zero-order chi connectivity index (χ0) is 41.1. The minimum Gasteiger partial charge on any atom is -0.744 e. The van der Waals surface area contributed by atoms with E-state index in [1.807, 2.05) is 0 Å². The molecule has 0 bridgehead atoms. The van der Waals surface area contributed by atoms with Crippen molar-refractivity contribution < 1.29 is 105 Å². The number of aromatic nitrogens is 6. The fourth-order valence-electron chi connectivity index (χ4n) is 4.98. The third-order valence-corrected chi connectivity index (χ3v) is 9.21. The van der Waals surface area contributed by atoms with Gasteiger partial charge in [-0.05, 0) is 59.7 Å². The van der Waals surface area contributed by atoms with E-state index in [0.29, 0.717) is 11.5 Å². The average molecular weight is 875 g/mol. The number of hydrogen-bond acceptors (Lipinski definition) is 16. The third kappa shape index (κ3) is 13.9. The van der Waals surface area contributed by atoms with Gasteiger partial charge in [0.2, 0.25) is 22.5 Å². The first-order valence-corrected chi connectivity index (χ1v) is 19.8. The molecule has 0 saturated carbocycles. The van der Waals surface area contributed by atoms with Gasteiger partial charge in [-0.2, -0.15) is 9.97 Å². The van der Waals surface area contributed by atoms with Crippen molar-refractivity contribution >= 4 is 43.8 Å². The van der Waals surface area contributed by atoms with Crippen molar-refractivity contribution in [3.05, 3.63) is 131 Å². The summed E-state index contributed by atoms with van der Waals surface area (Å²) in [6.45, 7) is -0.532. The molecule has 0 amide bonds. The van der Waals surface area contributed by atoms with Gasteiger partial charge in [-0.3, -0.25) is 19.9 Å². The van der Waals surface area contributed by atoms with Crippen LogP contribution in [0.5, 0.6) is 23.5 Å². The molecule has 60 heavy (non-hydrogen) atoms. The van der Waals surface area contributed by atoms with E-state index >= 15 is 0 Å². The van der Waals surface area contributed by atoms with Crippen molar-refractivity contribution in [1.29, 1.82) is 0 Å². The Kier molecular flexibility index (Phi) is 17.7. The second-order valence-corrected chi connectivity index (χ2v) is 14.3. The molecule has 0 fully saturated rings. The molecule has 0 spiro atoms. The van der Waals surface area contributed by atoms with Crippen molar-refractivity contribution in [3.63, 3.8) is 0 Å². The molecule has 4 aromatic carbocycles. The number of ether oxygens (including phenoxy) is 2. The van der Waals surface area contributed by atoms with E-state index in [1.54, 1.807) is 60.7 Å². The average Bonchev–Trinajstić information content (AvgIpc) is 3.19. The number of aliphatic hydroxyl groups is 2. The fourth-order valence-corrected chi connectivity index (χ4v) is 6.36. The number of benzene rings is 4. The van der Waals surface area contributed by atoms with Gasteiger partial charge in [-0.25, -0.2) is 36.8 Å². The van der Waals surface area contributed by atoms with E-state index in [-0.39, 0.29) is 142 Å². The number of para-hydroxylation sites is 2. The molecule has 0 unspecified atom stereocenters. The zero-order valence-electron chi connectivity index (χ0n) is 31.9. The molecule has 6 aromatic rings. The van der Waals surface area contributed by atoms with Crippen molar-refractivity contribution in [2.24, 2.45) is 20.0 Å². The van der Waals surface area contributed by atoms with Crippen LogP contribution in [0.2, 0.25) is 0 Å². The summed E-state index contributed by atoms with van der Waals surface area (Å²) in [7, 11) is -10.3. The first-order valence-electron chi connectivity index (χ1n) is 16.9. The predicted octanol–water partition coefficient (Wildman–Crippen LogP) is -4.39. The van der Waals surface area contributed by atoms with Gasteiger partial charge < -0.3 is 28.8 Å². The molecule has 6 N–H and O–H groups in total. The monoisotopic (exact) mass is 874 g/mol. The third-order valence-electron chi connectivity index (χ3n) is 7.42. The Labute approximate surface area is 385 Å². The second kappa shape index (κ2) is 22.1. The zero-order valence-corrected chi connectivity index (χ0v) is 37.5. The summed E-state index contributed by atoms with van der Waals surface area (Å²) < 4.78 is 86.1. The molecule has 0 saturated heterocycles. The number of nitrogens with zero attached hydrogens (tertiary/aromatic N) is 6. The largest absolute Gasteiger partial charge is 1.00 e. The molecule has 300 valence electrons. The van der Waals surface area contributed by atoms with Crippen LogP contribution in [-0.2, 0) is 20.2 Å². The molecular formula is C36H32N10Na2O10S2. The minimum atomic E-state index is -5.14. The van der Waals surface area contributed by atoms with Gasteiger partial charge in [0.05, 0.1) is 47.5 Å². The van der Waals surface area contributed by atoms with Crippen LogP contribution >= 0.6 is 0 Å². The number of aromatic amines is 4. The van der Waals surface area contributed by atoms with E-state index in [2.05, 4.69) is 49.9 Å². The number of nitrogens with one attached hydrogen (secondary N) is 4. The van der Waals surface area contributed by atoms with Gasteiger partial charge in [-0.1, -0.05) is 60.7 Å². The first-order chi connectivity index (χ1) is 27.9. The van der Waals surface area contributed by atoms with E-state index < -0.39 is 30.0 Å². The van der Waals surface area contributed by atoms with E-state index in [1.165, 1.54) is 24.3 Å². The van der Waals surface area contributed by atoms with Crippen molar-refractivity contribution in [2.45, 2.75) is 9.79 Å². The Morgan fingerprint density at radius 1 is 0.583 bits per heavy atom. The standard InChI is InChI=1S/C36H34N10O10S2.2Na/c47-19-17-37-31-41-33(45-35(43-31)55-27-7-3-1-4-8-27)39-25-15-13-23(29(21-25)57(49,50)51)11-12-24-14-16-26(22-30(24)58(52,53)54)40-34-42-32(38-18-20-48)44-36(46-34)56-28-9-5-2-6-10-28;;/h1-16,21-22,47-48H,17-20H2,(H,49,50,51)(H,52,53,54)(H2,37,39,41,43,45)(H2,38,40,42,44,46);;/q;2*+1/p-2/b12-11+;;. The maximum absolute atomic E-state index is 12.4. The molecule has 0 atom stereocenters. The smallest absolute Gasteiger partial charge is 0.744 e. The summed E-state index contributed by atoms with van der Waals surface area (Å²) in [6.07, 6.45) is 2.31. The molecule has 24 heteroatoms. The van der Waals surface area contributed by atoms with E-state index in [4.69, 9.17) is 9.47 Å². The summed E-state index contributed by atoms with van der Waals surface area (Å²) in [6, 6.07) is 24.5. The Balaban J connectivity index is 0.00000397. The van der Waals surface area contributed by atoms with Crippen LogP contribution in [0.1, 0.15) is 11.1 Å². The van der Waals surface area contributed by atoms with Crippen LogP contribution < -0.4 is 91.1 Å². The van der Waals surface area contributed by atoms with E-state index in [0.717, 1.165) is 24.3 Å². The molecule has 2 heterocycles. The predicted molar refractivity (Wildman–Crippen MR) is 202 cm³/mol. The SMILES string of the molecule is O=S(=O)([O-])c1cc(N=c2[nH]c(Oc3ccccc3)nc(=NCCO)[nH]2)ccc1/C=C/c1ccc(N=c2[nH]c(Oc3ccccc3)nc(=NCCO)[nH]2)cc1S(=O)(=O)[O-].[Na+].[Na+]. The molecule has 0 radical (unpaired) electrons. The van der Waals surface area contributed by atoms with Crippen LogP contribution in [-0.4, -0.2) is 92.4 Å². The fraction of sp³-hybridized carbons (Fsp3) is 0.111. The number of hydrogen-bond donors (Lipinski definition) is 6. The van der Waals surface area contributed by atoms with Crippen LogP contribution in [0.15, 0.2) is 127 Å². The van der Waals surface area contributed by atoms with Gasteiger partial charge >= 0.3 is 71.1 Å². The molecule has 20 nitrogen and oxygen atoms in total. The summed E-state index contributed by atoms with van der Waals surface area (Å²) in [5.74, 6) is 0.858. The van der Waals surface area contributed by atoms with Gasteiger partial charge in [0, 0.05) is 0 Å². The Hall–Kier alpha value is -4.82. The number of aliphatic hydroxyl groups excluding tert-OH is 2. The van der Waals surface area contributed by atoms with Crippen molar-refractivity contribution in [2.75, 3.05) is 26.3 Å². The van der Waals surface area contributed by atoms with Crippen LogP contribution in [0.4, 0.5) is 11.4 Å². The van der Waals surface area contributed by atoms with Crippen molar-refractivity contribution in [1.82, 2.24) is 29.9 Å². The first kappa shape index (κ1) is 47.9. The Morgan fingerprint density at radius 3 is 1.32 bits per heavy atom. The topological polar surface area (TPSA) is 312 Å². The van der Waals surface area contributed by atoms with Gasteiger partial charge in [-0.15, -0.1) is 0 Å². The summed E-state index contributed by atoms with van der Waals surface area (Å²) in [5, 5.41) is 18.5. The second-order valence-electron chi connectivity index (χ2n) is 11.6. The van der Waals surface area contributed by atoms with E-state index in [9.17, 15) is 36.2 Å². The normalized spacial score (nSPS) is 12.9. The summed E-state index contributed by atoms with van der Waals surface area (Å²) in [5.41, 5.74) is -0.274. The number of rotatable bonds is 14. The van der Waals surface area contributed by atoms with Gasteiger partial charge in [0.25, 0.3) is 0 Å². The number of H-pyrrole nitrogens is 4.